The number of nitrogens with zero attached hydrogens (tertiary/aromatic N) is 4. The van der Waals surface area contributed by atoms with Crippen LogP contribution in [-0.2, 0) is 0 Å². The smallest absolute Gasteiger partial charge is 0.288 e. The van der Waals surface area contributed by atoms with Crippen LogP contribution < -0.4 is 5.73 Å². The average Bonchev–Trinajstić information content (AvgIpc) is 3.09. The van der Waals surface area contributed by atoms with Crippen molar-refractivity contribution in [2.45, 2.75) is 0 Å². The van der Waals surface area contributed by atoms with E-state index in [1.54, 1.807) is 30.3 Å². The van der Waals surface area contributed by atoms with Gasteiger partial charge in [-0.3, -0.25) is 10.1 Å². The standard InChI is InChI=1S/C17H8ClN5O3/c18-14-3-1-10(6-15(14)23(24)25)16-4-2-13(26-16)5-11(7-19)17(22)12(8-20)9-21/h1-6H,22H2/b11-5+. The lowest BCUT2D eigenvalue weighted by Gasteiger charge is -2.00. The molecule has 1 heterocycles. The minimum absolute atomic E-state index is 0.00404. The van der Waals surface area contributed by atoms with Crippen LogP contribution in [0.3, 0.4) is 0 Å². The van der Waals surface area contributed by atoms with Gasteiger partial charge in [-0.25, -0.2) is 0 Å². The van der Waals surface area contributed by atoms with Crippen LogP contribution in [0.1, 0.15) is 5.76 Å². The molecule has 0 aliphatic heterocycles. The molecule has 0 amide bonds. The van der Waals surface area contributed by atoms with Crippen LogP contribution in [0.4, 0.5) is 5.69 Å². The van der Waals surface area contributed by atoms with E-state index in [1.165, 1.54) is 24.3 Å². The molecule has 2 aromatic rings. The molecular weight excluding hydrogens is 358 g/mol. The second-order valence-corrected chi connectivity index (χ2v) is 5.21. The Balaban J connectivity index is 2.45. The zero-order valence-electron chi connectivity index (χ0n) is 12.9. The minimum atomic E-state index is -0.611. The highest BCUT2D eigenvalue weighted by molar-refractivity contribution is 6.32. The molecule has 2 N–H and O–H groups in total. The number of nitrogens with two attached hydrogens (primary N) is 1. The molecule has 0 radical (unpaired) electrons. The van der Waals surface area contributed by atoms with Crippen LogP contribution in [0.25, 0.3) is 17.4 Å². The van der Waals surface area contributed by atoms with Crippen LogP contribution >= 0.6 is 11.6 Å². The van der Waals surface area contributed by atoms with Crippen molar-refractivity contribution in [2.24, 2.45) is 5.73 Å². The highest BCUT2D eigenvalue weighted by Gasteiger charge is 2.15. The highest BCUT2D eigenvalue weighted by Crippen LogP contribution is 2.31. The van der Waals surface area contributed by atoms with Crippen molar-refractivity contribution >= 4 is 23.4 Å². The molecule has 0 saturated heterocycles. The van der Waals surface area contributed by atoms with Gasteiger partial charge in [0, 0.05) is 17.7 Å². The predicted octanol–water partition coefficient (Wildman–Crippen LogP) is 3.68. The quantitative estimate of drug-likeness (QED) is 0.375. The van der Waals surface area contributed by atoms with Crippen molar-refractivity contribution in [1.29, 1.82) is 15.8 Å². The van der Waals surface area contributed by atoms with Crippen molar-refractivity contribution in [3.8, 4) is 29.5 Å². The maximum atomic E-state index is 11.0. The number of rotatable bonds is 4. The Morgan fingerprint density at radius 1 is 1.19 bits per heavy atom. The summed E-state index contributed by atoms with van der Waals surface area (Å²) in [7, 11) is 0. The fourth-order valence-electron chi connectivity index (χ4n) is 1.98. The van der Waals surface area contributed by atoms with Crippen LogP contribution in [0.2, 0.25) is 5.02 Å². The molecule has 1 aromatic carbocycles. The zero-order valence-corrected chi connectivity index (χ0v) is 13.7. The summed E-state index contributed by atoms with van der Waals surface area (Å²) in [5.74, 6) is 0.518. The van der Waals surface area contributed by atoms with Gasteiger partial charge in [0.25, 0.3) is 5.69 Å². The van der Waals surface area contributed by atoms with Crippen molar-refractivity contribution in [1.82, 2.24) is 0 Å². The van der Waals surface area contributed by atoms with E-state index in [-0.39, 0.29) is 27.7 Å². The lowest BCUT2D eigenvalue weighted by atomic mass is 10.1. The molecule has 126 valence electrons. The summed E-state index contributed by atoms with van der Waals surface area (Å²) in [4.78, 5) is 10.4. The van der Waals surface area contributed by atoms with Gasteiger partial charge < -0.3 is 10.2 Å². The number of allylic oxidation sites excluding steroid dienone is 2. The van der Waals surface area contributed by atoms with E-state index >= 15 is 0 Å². The van der Waals surface area contributed by atoms with E-state index in [9.17, 15) is 10.1 Å². The lowest BCUT2D eigenvalue weighted by Crippen LogP contribution is -2.03. The maximum absolute atomic E-state index is 11.0. The monoisotopic (exact) mass is 365 g/mol. The Morgan fingerprint density at radius 3 is 2.46 bits per heavy atom. The Kier molecular flexibility index (Phi) is 5.40. The van der Waals surface area contributed by atoms with Crippen LogP contribution in [0.15, 0.2) is 51.6 Å². The fourth-order valence-corrected chi connectivity index (χ4v) is 2.17. The third-order valence-electron chi connectivity index (χ3n) is 3.24. The summed E-state index contributed by atoms with van der Waals surface area (Å²) in [6, 6.07) is 12.2. The van der Waals surface area contributed by atoms with Crippen LogP contribution in [-0.4, -0.2) is 4.92 Å². The Hall–Kier alpha value is -4.06. The number of furan rings is 1. The van der Waals surface area contributed by atoms with Gasteiger partial charge in [-0.05, 0) is 24.3 Å². The van der Waals surface area contributed by atoms with Crippen molar-refractivity contribution in [3.63, 3.8) is 0 Å². The molecule has 0 aliphatic rings. The van der Waals surface area contributed by atoms with Crippen molar-refractivity contribution < 1.29 is 9.34 Å². The zero-order chi connectivity index (χ0) is 19.3. The molecule has 0 bridgehead atoms. The van der Waals surface area contributed by atoms with Crippen LogP contribution in [0, 0.1) is 44.1 Å². The molecule has 26 heavy (non-hydrogen) atoms. The van der Waals surface area contributed by atoms with Crippen molar-refractivity contribution in [2.75, 3.05) is 0 Å². The average molecular weight is 366 g/mol. The summed E-state index contributed by atoms with van der Waals surface area (Å²) in [5, 5.41) is 37.8. The van der Waals surface area contributed by atoms with Crippen LogP contribution in [0.5, 0.6) is 0 Å². The van der Waals surface area contributed by atoms with E-state index in [4.69, 9.17) is 37.5 Å². The summed E-state index contributed by atoms with van der Waals surface area (Å²) in [5.41, 5.74) is 5.01. The van der Waals surface area contributed by atoms with Gasteiger partial charge >= 0.3 is 0 Å². The van der Waals surface area contributed by atoms with Gasteiger partial charge in [0.1, 0.15) is 34.8 Å². The molecule has 1 aromatic heterocycles. The molecule has 0 unspecified atom stereocenters. The number of nitriles is 3. The topological polar surface area (TPSA) is 154 Å². The van der Waals surface area contributed by atoms with E-state index in [0.717, 1.165) is 0 Å². The molecule has 0 atom stereocenters. The molecule has 8 nitrogen and oxygen atoms in total. The maximum Gasteiger partial charge on any atom is 0.288 e. The van der Waals surface area contributed by atoms with Gasteiger partial charge in [-0.15, -0.1) is 0 Å². The first-order valence-electron chi connectivity index (χ1n) is 6.87. The fraction of sp³-hybridized carbons (Fsp3) is 0. The minimum Gasteiger partial charge on any atom is -0.457 e. The molecule has 0 spiro atoms. The summed E-state index contributed by atoms with van der Waals surface area (Å²) in [6.07, 6.45) is 1.26. The molecule has 9 heteroatoms. The number of halogens is 1. The van der Waals surface area contributed by atoms with Gasteiger partial charge in [-0.1, -0.05) is 11.6 Å². The second kappa shape index (κ2) is 7.67. The molecule has 0 aliphatic carbocycles. The van der Waals surface area contributed by atoms with E-state index in [0.29, 0.717) is 11.3 Å². The molecular formula is C17H8ClN5O3. The van der Waals surface area contributed by atoms with Crippen molar-refractivity contribution in [3.05, 3.63) is 68.1 Å². The molecule has 0 saturated carbocycles. The number of nitro benzene ring substituents is 1. The first-order chi connectivity index (χ1) is 12.4. The number of hydrogen-bond acceptors (Lipinski definition) is 7. The predicted molar refractivity (Wildman–Crippen MR) is 91.8 cm³/mol. The molecule has 2 rings (SSSR count). The summed E-state index contributed by atoms with van der Waals surface area (Å²) < 4.78 is 5.54. The van der Waals surface area contributed by atoms with Gasteiger partial charge in [-0.2, -0.15) is 15.8 Å². The largest absolute Gasteiger partial charge is 0.457 e. The Morgan fingerprint density at radius 2 is 1.88 bits per heavy atom. The third-order valence-corrected chi connectivity index (χ3v) is 3.56. The van der Waals surface area contributed by atoms with Gasteiger partial charge in [0.05, 0.1) is 16.2 Å². The summed E-state index contributed by atoms with van der Waals surface area (Å²) in [6.45, 7) is 0. The summed E-state index contributed by atoms with van der Waals surface area (Å²) >= 11 is 5.77. The Bertz CT molecular complexity index is 1060. The van der Waals surface area contributed by atoms with Gasteiger partial charge in [0.2, 0.25) is 0 Å². The van der Waals surface area contributed by atoms with E-state index < -0.39 is 10.5 Å². The van der Waals surface area contributed by atoms with Gasteiger partial charge in [0.15, 0.2) is 5.57 Å². The first-order valence-corrected chi connectivity index (χ1v) is 7.25. The Labute approximate surface area is 152 Å². The SMILES string of the molecule is N#CC(C#N)=C(N)/C(C#N)=C/c1ccc(-c2ccc(Cl)c([N+](=O)[O-])c2)o1. The van der Waals surface area contributed by atoms with E-state index in [1.807, 2.05) is 0 Å². The lowest BCUT2D eigenvalue weighted by molar-refractivity contribution is -0.384. The normalized spacial score (nSPS) is 10.3. The number of nitro groups is 1. The third kappa shape index (κ3) is 3.70. The number of benzene rings is 1. The number of hydrogen-bond donors (Lipinski definition) is 1. The first kappa shape index (κ1) is 18.3. The second-order valence-electron chi connectivity index (χ2n) is 4.81. The van der Waals surface area contributed by atoms with E-state index in [2.05, 4.69) is 0 Å². The highest BCUT2D eigenvalue weighted by atomic mass is 35.5. The molecule has 0 fully saturated rings.